The highest BCUT2D eigenvalue weighted by molar-refractivity contribution is 8.00. The summed E-state index contributed by atoms with van der Waals surface area (Å²) in [5, 5.41) is 5.46. The number of esters is 1. The number of carbonyl (C=O) groups is 3. The number of ether oxygens (including phenoxy) is 1. The van der Waals surface area contributed by atoms with Gasteiger partial charge in [0.1, 0.15) is 0 Å². The lowest BCUT2D eigenvalue weighted by Gasteiger charge is -2.16. The molecule has 0 aromatic heterocycles. The number of hydrogen-bond acceptors (Lipinski definition) is 5. The molecule has 27 heavy (non-hydrogen) atoms. The molecule has 0 saturated heterocycles. The molecule has 0 atom stereocenters. The predicted octanol–water partition coefficient (Wildman–Crippen LogP) is 2.64. The number of carbonyl (C=O) groups excluding carboxylic acids is 3. The molecule has 2 amide bonds. The van der Waals surface area contributed by atoms with E-state index < -0.39 is 5.97 Å². The minimum atomic E-state index is -0.595. The third-order valence-electron chi connectivity index (χ3n) is 3.99. The van der Waals surface area contributed by atoms with Gasteiger partial charge in [-0.05, 0) is 36.6 Å². The van der Waals surface area contributed by atoms with Crippen LogP contribution in [0.25, 0.3) is 0 Å². The van der Waals surface area contributed by atoms with Crippen LogP contribution in [-0.4, -0.2) is 36.7 Å². The van der Waals surface area contributed by atoms with Crippen molar-refractivity contribution >= 4 is 35.2 Å². The maximum absolute atomic E-state index is 12.1. The normalized spacial score (nSPS) is 12.7. The molecule has 1 aliphatic heterocycles. The Labute approximate surface area is 161 Å². The molecule has 3 rings (SSSR count). The fourth-order valence-corrected chi connectivity index (χ4v) is 3.43. The van der Waals surface area contributed by atoms with Crippen molar-refractivity contribution in [2.75, 3.05) is 24.2 Å². The number of aryl methyl sites for hydroxylation is 1. The molecule has 2 aromatic carbocycles. The number of nitrogens with one attached hydrogen (secondary N) is 2. The lowest BCUT2D eigenvalue weighted by atomic mass is 10.1. The van der Waals surface area contributed by atoms with Crippen LogP contribution in [0.3, 0.4) is 0 Å². The van der Waals surface area contributed by atoms with Gasteiger partial charge < -0.3 is 15.4 Å². The summed E-state index contributed by atoms with van der Waals surface area (Å²) < 4.78 is 5.05. The molecule has 0 spiro atoms. The van der Waals surface area contributed by atoms with Crippen LogP contribution in [0, 0.1) is 0 Å². The molecule has 6 nitrogen and oxygen atoms in total. The molecular weight excluding hydrogens is 364 g/mol. The minimum absolute atomic E-state index is 0.104. The Bertz CT molecular complexity index is 839. The topological polar surface area (TPSA) is 84.5 Å². The van der Waals surface area contributed by atoms with Gasteiger partial charge in [-0.15, -0.1) is 11.8 Å². The molecule has 2 aromatic rings. The summed E-state index contributed by atoms with van der Waals surface area (Å²) in [6.07, 6.45) is 1.69. The fourth-order valence-electron chi connectivity index (χ4n) is 2.64. The first-order chi connectivity index (χ1) is 13.1. The molecule has 0 bridgehead atoms. The van der Waals surface area contributed by atoms with Crippen molar-refractivity contribution in [1.82, 2.24) is 5.32 Å². The van der Waals surface area contributed by atoms with E-state index in [0.29, 0.717) is 23.5 Å². The van der Waals surface area contributed by atoms with Gasteiger partial charge >= 0.3 is 5.97 Å². The van der Waals surface area contributed by atoms with Gasteiger partial charge in [0, 0.05) is 11.4 Å². The lowest BCUT2D eigenvalue weighted by molar-refractivity contribution is -0.124. The SMILES string of the molecule is O=C(COC(=O)c1ccc2c(c1)NC(=O)CS2)NCCCc1ccccc1. The Kier molecular flexibility index (Phi) is 6.49. The van der Waals surface area contributed by atoms with E-state index in [2.05, 4.69) is 10.6 Å². The van der Waals surface area contributed by atoms with Crippen LogP contribution >= 0.6 is 11.8 Å². The summed E-state index contributed by atoms with van der Waals surface area (Å²) in [7, 11) is 0. The summed E-state index contributed by atoms with van der Waals surface area (Å²) in [5.41, 5.74) is 2.11. The van der Waals surface area contributed by atoms with Crippen LogP contribution < -0.4 is 10.6 Å². The first kappa shape index (κ1) is 19.0. The van der Waals surface area contributed by atoms with E-state index in [4.69, 9.17) is 4.74 Å². The van der Waals surface area contributed by atoms with E-state index in [1.165, 1.54) is 17.3 Å². The zero-order valence-corrected chi connectivity index (χ0v) is 15.5. The molecule has 140 valence electrons. The third kappa shape index (κ3) is 5.59. The van der Waals surface area contributed by atoms with Crippen LogP contribution in [0.15, 0.2) is 53.4 Å². The Morgan fingerprint density at radius 3 is 2.78 bits per heavy atom. The van der Waals surface area contributed by atoms with Gasteiger partial charge in [0.25, 0.3) is 5.91 Å². The number of benzene rings is 2. The predicted molar refractivity (Wildman–Crippen MR) is 104 cm³/mol. The molecule has 0 saturated carbocycles. The molecule has 2 N–H and O–H groups in total. The second-order valence-electron chi connectivity index (χ2n) is 6.06. The van der Waals surface area contributed by atoms with E-state index in [-0.39, 0.29) is 18.4 Å². The maximum Gasteiger partial charge on any atom is 0.338 e. The average Bonchev–Trinajstić information content (AvgIpc) is 2.69. The van der Waals surface area contributed by atoms with Crippen molar-refractivity contribution < 1.29 is 19.1 Å². The second kappa shape index (κ2) is 9.23. The van der Waals surface area contributed by atoms with E-state index >= 15 is 0 Å². The molecule has 7 heteroatoms. The molecule has 1 heterocycles. The van der Waals surface area contributed by atoms with E-state index in [0.717, 1.165) is 17.7 Å². The van der Waals surface area contributed by atoms with Crippen molar-refractivity contribution in [3.05, 3.63) is 59.7 Å². The summed E-state index contributed by atoms with van der Waals surface area (Å²) in [6, 6.07) is 15.0. The summed E-state index contributed by atoms with van der Waals surface area (Å²) >= 11 is 1.42. The Hall–Kier alpha value is -2.80. The number of amides is 2. The van der Waals surface area contributed by atoms with E-state index in [1.54, 1.807) is 18.2 Å². The minimum Gasteiger partial charge on any atom is -0.452 e. The van der Waals surface area contributed by atoms with Crippen molar-refractivity contribution in [3.63, 3.8) is 0 Å². The highest BCUT2D eigenvalue weighted by Gasteiger charge is 2.18. The quantitative estimate of drug-likeness (QED) is 0.566. The lowest BCUT2D eigenvalue weighted by Crippen LogP contribution is -2.29. The van der Waals surface area contributed by atoms with Crippen molar-refractivity contribution in [2.45, 2.75) is 17.7 Å². The highest BCUT2D eigenvalue weighted by atomic mass is 32.2. The van der Waals surface area contributed by atoms with Gasteiger partial charge in [0.15, 0.2) is 6.61 Å². The molecular formula is C20H20N2O4S. The van der Waals surface area contributed by atoms with E-state index in [9.17, 15) is 14.4 Å². The molecule has 0 unspecified atom stereocenters. The fraction of sp³-hybridized carbons (Fsp3) is 0.250. The van der Waals surface area contributed by atoms with Crippen LogP contribution in [0.2, 0.25) is 0 Å². The smallest absolute Gasteiger partial charge is 0.338 e. The Morgan fingerprint density at radius 2 is 1.96 bits per heavy atom. The highest BCUT2D eigenvalue weighted by Crippen LogP contribution is 2.32. The van der Waals surface area contributed by atoms with Gasteiger partial charge in [-0.25, -0.2) is 4.79 Å². The van der Waals surface area contributed by atoms with Gasteiger partial charge in [-0.3, -0.25) is 9.59 Å². The third-order valence-corrected chi connectivity index (χ3v) is 5.06. The summed E-state index contributed by atoms with van der Waals surface area (Å²) in [6.45, 7) is 0.190. The van der Waals surface area contributed by atoms with Gasteiger partial charge in [-0.2, -0.15) is 0 Å². The summed E-state index contributed by atoms with van der Waals surface area (Å²) in [5.74, 6) is -0.672. The van der Waals surface area contributed by atoms with Crippen molar-refractivity contribution in [2.24, 2.45) is 0 Å². The molecule has 0 radical (unpaired) electrons. The van der Waals surface area contributed by atoms with E-state index in [1.807, 2.05) is 30.3 Å². The monoisotopic (exact) mass is 384 g/mol. The standard InChI is InChI=1S/C20H20N2O4S/c23-18(21-10-4-7-14-5-2-1-3-6-14)12-26-20(25)15-8-9-17-16(11-15)22-19(24)13-27-17/h1-3,5-6,8-9,11H,4,7,10,12-13H2,(H,21,23)(H,22,24). The Balaban J connectivity index is 1.40. The number of fused-ring (bicyclic) bond motifs is 1. The molecule has 1 aliphatic rings. The second-order valence-corrected chi connectivity index (χ2v) is 7.08. The van der Waals surface area contributed by atoms with Crippen LogP contribution in [0.1, 0.15) is 22.3 Å². The van der Waals surface area contributed by atoms with Gasteiger partial charge in [0.05, 0.1) is 17.0 Å². The number of thioether (sulfide) groups is 1. The van der Waals surface area contributed by atoms with Crippen molar-refractivity contribution in [1.29, 1.82) is 0 Å². The molecule has 0 fully saturated rings. The van der Waals surface area contributed by atoms with Crippen LogP contribution in [-0.2, 0) is 20.7 Å². The first-order valence-electron chi connectivity index (χ1n) is 8.66. The van der Waals surface area contributed by atoms with Crippen molar-refractivity contribution in [3.8, 4) is 0 Å². The average molecular weight is 384 g/mol. The Morgan fingerprint density at radius 1 is 1.15 bits per heavy atom. The summed E-state index contributed by atoms with van der Waals surface area (Å²) in [4.78, 5) is 36.3. The van der Waals surface area contributed by atoms with Gasteiger partial charge in [-0.1, -0.05) is 30.3 Å². The largest absolute Gasteiger partial charge is 0.452 e. The van der Waals surface area contributed by atoms with Crippen LogP contribution in [0.5, 0.6) is 0 Å². The number of hydrogen-bond donors (Lipinski definition) is 2. The number of rotatable bonds is 7. The van der Waals surface area contributed by atoms with Crippen LogP contribution in [0.4, 0.5) is 5.69 Å². The molecule has 0 aliphatic carbocycles. The maximum atomic E-state index is 12.1. The zero-order chi connectivity index (χ0) is 19.1. The first-order valence-corrected chi connectivity index (χ1v) is 9.65. The zero-order valence-electron chi connectivity index (χ0n) is 14.7. The van der Waals surface area contributed by atoms with Gasteiger partial charge in [0.2, 0.25) is 5.91 Å². The number of anilines is 1.